The number of benzene rings is 2. The molecule has 39 heavy (non-hydrogen) atoms. The molecule has 4 heterocycles. The molecule has 0 bridgehead atoms. The van der Waals surface area contributed by atoms with Gasteiger partial charge in [0, 0.05) is 12.7 Å². The number of rotatable bonds is 6. The molecular formula is C28H22FN5O4S. The zero-order chi connectivity index (χ0) is 27.1. The minimum atomic E-state index is -1.42. The highest BCUT2D eigenvalue weighted by Crippen LogP contribution is 2.46. The Hall–Kier alpha value is -4.77. The van der Waals surface area contributed by atoms with Gasteiger partial charge < -0.3 is 20.3 Å². The van der Waals surface area contributed by atoms with E-state index in [4.69, 9.17) is 4.74 Å². The summed E-state index contributed by atoms with van der Waals surface area (Å²) in [6.45, 7) is 3.33. The van der Waals surface area contributed by atoms with Gasteiger partial charge in [0.2, 0.25) is 5.91 Å². The molecule has 2 N–H and O–H groups in total. The number of thiophene rings is 1. The van der Waals surface area contributed by atoms with Gasteiger partial charge in [-0.15, -0.1) is 11.3 Å². The minimum Gasteiger partial charge on any atom is -0.457 e. The lowest BCUT2D eigenvalue weighted by molar-refractivity contribution is -0.125. The standard InChI is InChI=1S/C28H22FN5O4S/c1-2-22(35)33-14-19(29)20(15-33)31-26(36)25-24-23-21(12-13-30-27(23)39-25)34(28(37)32-24)16-8-10-18(11-9-16)38-17-6-4-3-5-7-17/h2-13,19-20H,1,14-15H2,(H,31,36)(H,32,37)/t19-,20-/m0/s1. The van der Waals surface area contributed by atoms with Crippen LogP contribution in [0.1, 0.15) is 9.67 Å². The third kappa shape index (κ3) is 4.46. The maximum Gasteiger partial charge on any atom is 0.331 e. The quantitative estimate of drug-likeness (QED) is 0.324. The van der Waals surface area contributed by atoms with Gasteiger partial charge in [0.1, 0.15) is 27.4 Å². The van der Waals surface area contributed by atoms with Crippen molar-refractivity contribution in [1.82, 2.24) is 15.2 Å². The Kier molecular flexibility index (Phi) is 6.20. The second-order valence-corrected chi connectivity index (χ2v) is 10.0. The Bertz CT molecular complexity index is 1610. The van der Waals surface area contributed by atoms with Crippen molar-refractivity contribution in [3.8, 4) is 11.5 Å². The predicted octanol–water partition coefficient (Wildman–Crippen LogP) is 5.24. The van der Waals surface area contributed by atoms with Crippen molar-refractivity contribution in [3.05, 3.63) is 84.4 Å². The number of likely N-dealkylation sites (tertiary alicyclic amines) is 1. The number of ether oxygens (including phenoxy) is 1. The first-order valence-corrected chi connectivity index (χ1v) is 13.0. The topological polar surface area (TPSA) is 104 Å². The van der Waals surface area contributed by atoms with Crippen molar-refractivity contribution in [2.24, 2.45) is 0 Å². The van der Waals surface area contributed by atoms with Crippen LogP contribution in [0.5, 0.6) is 11.5 Å². The molecule has 2 aromatic heterocycles. The Morgan fingerprint density at radius 2 is 1.85 bits per heavy atom. The first kappa shape index (κ1) is 24.6. The molecule has 0 saturated carbocycles. The first-order valence-electron chi connectivity index (χ1n) is 12.1. The number of nitrogens with one attached hydrogen (secondary N) is 2. The summed E-state index contributed by atoms with van der Waals surface area (Å²) >= 11 is 1.11. The van der Waals surface area contributed by atoms with Crippen LogP contribution in [-0.2, 0) is 4.79 Å². The zero-order valence-corrected chi connectivity index (χ0v) is 21.3. The van der Waals surface area contributed by atoms with Gasteiger partial charge >= 0.3 is 6.03 Å². The number of amides is 4. The average Bonchev–Trinajstić information content (AvgIpc) is 3.50. The molecule has 2 atom stereocenters. The summed E-state index contributed by atoms with van der Waals surface area (Å²) in [5, 5.41) is 6.12. The number of hydrogen-bond donors (Lipinski definition) is 2. The van der Waals surface area contributed by atoms with Crippen LogP contribution in [0.2, 0.25) is 0 Å². The van der Waals surface area contributed by atoms with E-state index in [9.17, 15) is 18.8 Å². The second-order valence-electron chi connectivity index (χ2n) is 9.03. The van der Waals surface area contributed by atoms with E-state index in [-0.39, 0.29) is 18.0 Å². The summed E-state index contributed by atoms with van der Waals surface area (Å²) in [6.07, 6.45) is 1.27. The number of carbonyl (C=O) groups excluding carboxylic acids is 3. The van der Waals surface area contributed by atoms with Crippen LogP contribution in [0.25, 0.3) is 10.2 Å². The Labute approximate surface area is 226 Å². The van der Waals surface area contributed by atoms with Gasteiger partial charge in [0.25, 0.3) is 5.91 Å². The molecule has 6 rings (SSSR count). The van der Waals surface area contributed by atoms with Crippen LogP contribution in [-0.4, -0.2) is 53.0 Å². The van der Waals surface area contributed by atoms with Crippen LogP contribution in [0.4, 0.5) is 26.2 Å². The number of aromatic nitrogens is 1. The highest BCUT2D eigenvalue weighted by molar-refractivity contribution is 7.21. The number of pyridine rings is 1. The Morgan fingerprint density at radius 3 is 2.59 bits per heavy atom. The number of halogens is 1. The van der Waals surface area contributed by atoms with Crippen molar-refractivity contribution in [2.45, 2.75) is 12.2 Å². The average molecular weight is 544 g/mol. The monoisotopic (exact) mass is 543 g/mol. The molecule has 1 fully saturated rings. The van der Waals surface area contributed by atoms with Crippen LogP contribution < -0.4 is 20.3 Å². The Balaban J connectivity index is 1.27. The van der Waals surface area contributed by atoms with Crippen molar-refractivity contribution in [3.63, 3.8) is 0 Å². The van der Waals surface area contributed by atoms with Crippen LogP contribution >= 0.6 is 11.3 Å². The molecule has 9 nitrogen and oxygen atoms in total. The molecule has 0 radical (unpaired) electrons. The van der Waals surface area contributed by atoms with Gasteiger partial charge in [-0.2, -0.15) is 0 Å². The summed E-state index contributed by atoms with van der Waals surface area (Å²) in [5.74, 6) is 0.369. The molecular weight excluding hydrogens is 521 g/mol. The third-order valence-corrected chi connectivity index (χ3v) is 7.67. The third-order valence-electron chi connectivity index (χ3n) is 6.58. The number of para-hydroxylation sites is 1. The smallest absolute Gasteiger partial charge is 0.331 e. The van der Waals surface area contributed by atoms with E-state index in [1.54, 1.807) is 36.5 Å². The van der Waals surface area contributed by atoms with E-state index < -0.39 is 30.1 Å². The van der Waals surface area contributed by atoms with Crippen molar-refractivity contribution < 1.29 is 23.5 Å². The van der Waals surface area contributed by atoms with Gasteiger partial charge in [0.05, 0.1) is 35.0 Å². The second kappa shape index (κ2) is 9.84. The van der Waals surface area contributed by atoms with Gasteiger partial charge in [-0.05, 0) is 48.5 Å². The normalized spacial score (nSPS) is 18.1. The molecule has 2 aromatic carbocycles. The summed E-state index contributed by atoms with van der Waals surface area (Å²) in [7, 11) is 0. The van der Waals surface area contributed by atoms with Gasteiger partial charge in [-0.3, -0.25) is 14.5 Å². The zero-order valence-electron chi connectivity index (χ0n) is 20.5. The number of anilines is 3. The minimum absolute atomic E-state index is 0.0333. The van der Waals surface area contributed by atoms with E-state index in [1.165, 1.54) is 9.80 Å². The van der Waals surface area contributed by atoms with E-state index in [1.807, 2.05) is 30.3 Å². The molecule has 0 aliphatic carbocycles. The summed E-state index contributed by atoms with van der Waals surface area (Å²) in [6, 6.07) is 16.8. The van der Waals surface area contributed by atoms with Gasteiger partial charge in [-0.1, -0.05) is 24.8 Å². The SMILES string of the molecule is C=CC(=O)N1C[C@H](NC(=O)c2sc3nccc4c3c2NC(=O)N4c2ccc(Oc3ccccc3)cc2)[C@@H](F)C1. The van der Waals surface area contributed by atoms with Gasteiger partial charge in [0.15, 0.2) is 0 Å². The van der Waals surface area contributed by atoms with Crippen LogP contribution in [0.15, 0.2) is 79.5 Å². The lowest BCUT2D eigenvalue weighted by atomic mass is 10.1. The van der Waals surface area contributed by atoms with Crippen LogP contribution in [0, 0.1) is 0 Å². The van der Waals surface area contributed by atoms with E-state index in [2.05, 4.69) is 22.2 Å². The molecule has 2 aliphatic heterocycles. The molecule has 1 saturated heterocycles. The fraction of sp³-hybridized carbons (Fsp3) is 0.143. The molecule has 4 amide bonds. The fourth-order valence-corrected chi connectivity index (χ4v) is 5.75. The van der Waals surface area contributed by atoms with E-state index in [0.717, 1.165) is 17.4 Å². The lowest BCUT2D eigenvalue weighted by Crippen LogP contribution is -2.42. The number of urea groups is 1. The highest BCUT2D eigenvalue weighted by Gasteiger charge is 2.38. The number of alkyl halides is 1. The molecule has 0 spiro atoms. The summed E-state index contributed by atoms with van der Waals surface area (Å²) < 4.78 is 20.4. The number of hydrogen-bond acceptors (Lipinski definition) is 6. The van der Waals surface area contributed by atoms with E-state index >= 15 is 0 Å². The molecule has 4 aromatic rings. The molecule has 2 aliphatic rings. The summed E-state index contributed by atoms with van der Waals surface area (Å²) in [5.41, 5.74) is 1.49. The number of carbonyl (C=O) groups is 3. The maximum atomic E-state index is 14.6. The largest absolute Gasteiger partial charge is 0.457 e. The first-order chi connectivity index (χ1) is 18.9. The molecule has 196 valence electrons. The number of nitrogens with zero attached hydrogens (tertiary/aromatic N) is 3. The summed E-state index contributed by atoms with van der Waals surface area (Å²) in [4.78, 5) is 46.4. The van der Waals surface area contributed by atoms with Crippen molar-refractivity contribution in [1.29, 1.82) is 0 Å². The van der Waals surface area contributed by atoms with Crippen molar-refractivity contribution in [2.75, 3.05) is 23.3 Å². The van der Waals surface area contributed by atoms with E-state index in [0.29, 0.717) is 38.8 Å². The Morgan fingerprint density at radius 1 is 1.10 bits per heavy atom. The maximum absolute atomic E-state index is 14.6. The highest BCUT2D eigenvalue weighted by atomic mass is 32.1. The van der Waals surface area contributed by atoms with Gasteiger partial charge in [-0.25, -0.2) is 14.2 Å². The fourth-order valence-electron chi connectivity index (χ4n) is 4.73. The predicted molar refractivity (Wildman–Crippen MR) is 147 cm³/mol. The van der Waals surface area contributed by atoms with Crippen molar-refractivity contribution >= 4 is 56.5 Å². The molecule has 11 heteroatoms. The molecule has 0 unspecified atom stereocenters. The van der Waals surface area contributed by atoms with Crippen LogP contribution in [0.3, 0.4) is 0 Å². The lowest BCUT2D eigenvalue weighted by Gasteiger charge is -2.28.